The Morgan fingerprint density at radius 3 is 2.70 bits per heavy atom. The number of nitrogens with zero attached hydrogens (tertiary/aromatic N) is 5. The summed E-state index contributed by atoms with van der Waals surface area (Å²) in [5, 5.41) is 3.39. The molecule has 2 fully saturated rings. The van der Waals surface area contributed by atoms with Crippen LogP contribution in [0.5, 0.6) is 17.2 Å². The lowest BCUT2D eigenvalue weighted by atomic mass is 9.61. The average Bonchev–Trinajstić information content (AvgIpc) is 2.93. The number of halogens is 4. The summed E-state index contributed by atoms with van der Waals surface area (Å²) in [7, 11) is 0. The zero-order valence-electron chi connectivity index (χ0n) is 23.9. The highest BCUT2D eigenvalue weighted by Gasteiger charge is 2.54. The van der Waals surface area contributed by atoms with E-state index in [1.165, 1.54) is 18.6 Å². The fourth-order valence-electron chi connectivity index (χ4n) is 6.12. The third-order valence-electron chi connectivity index (χ3n) is 8.18. The SMILES string of the molecule is CC(C)N(CC(F)F)C(=O)c1cc(F)ccc1Oc1cncnc1N1CC2(CC(Oc3ccnc4c3CNCC4)C2)C1.Cl. The van der Waals surface area contributed by atoms with Crippen LogP contribution in [-0.2, 0) is 13.0 Å². The number of anilines is 1. The van der Waals surface area contributed by atoms with E-state index in [1.54, 1.807) is 13.8 Å². The largest absolute Gasteiger partial charge is 0.490 e. The van der Waals surface area contributed by atoms with E-state index in [2.05, 4.69) is 25.2 Å². The van der Waals surface area contributed by atoms with Crippen LogP contribution in [0.3, 0.4) is 0 Å². The molecule has 43 heavy (non-hydrogen) atoms. The van der Waals surface area contributed by atoms with Gasteiger partial charge in [-0.2, -0.15) is 0 Å². The number of benzene rings is 1. The monoisotopic (exact) mass is 618 g/mol. The van der Waals surface area contributed by atoms with Crippen molar-refractivity contribution in [3.05, 3.63) is 65.6 Å². The molecule has 9 nitrogen and oxygen atoms in total. The Morgan fingerprint density at radius 2 is 1.95 bits per heavy atom. The van der Waals surface area contributed by atoms with Gasteiger partial charge in [0, 0.05) is 61.5 Å². The minimum absolute atomic E-state index is 0. The zero-order chi connectivity index (χ0) is 29.4. The summed E-state index contributed by atoms with van der Waals surface area (Å²) in [6.45, 7) is 5.68. The molecule has 2 aliphatic heterocycles. The molecule has 1 amide bonds. The van der Waals surface area contributed by atoms with Crippen molar-refractivity contribution in [3.63, 3.8) is 0 Å². The van der Waals surface area contributed by atoms with E-state index in [9.17, 15) is 18.0 Å². The maximum absolute atomic E-state index is 14.2. The van der Waals surface area contributed by atoms with Gasteiger partial charge < -0.3 is 24.6 Å². The van der Waals surface area contributed by atoms with Gasteiger partial charge in [0.2, 0.25) is 0 Å². The van der Waals surface area contributed by atoms with E-state index >= 15 is 0 Å². The number of hydrogen-bond acceptors (Lipinski definition) is 8. The molecular weight excluding hydrogens is 585 g/mol. The summed E-state index contributed by atoms with van der Waals surface area (Å²) in [5.74, 6) is 0.369. The number of fused-ring (bicyclic) bond motifs is 1. The number of alkyl halides is 2. The lowest BCUT2D eigenvalue weighted by molar-refractivity contribution is -0.0349. The maximum atomic E-state index is 14.2. The van der Waals surface area contributed by atoms with Gasteiger partial charge in [-0.25, -0.2) is 23.1 Å². The molecule has 1 N–H and O–H groups in total. The Hall–Kier alpha value is -3.64. The summed E-state index contributed by atoms with van der Waals surface area (Å²) in [4.78, 5) is 29.3. The predicted molar refractivity (Wildman–Crippen MR) is 156 cm³/mol. The molecule has 1 saturated carbocycles. The van der Waals surface area contributed by atoms with E-state index in [0.717, 1.165) is 79.5 Å². The fourth-order valence-corrected chi connectivity index (χ4v) is 6.12. The Morgan fingerprint density at radius 1 is 1.16 bits per heavy atom. The number of amides is 1. The van der Waals surface area contributed by atoms with Gasteiger partial charge in [0.1, 0.15) is 29.7 Å². The van der Waals surface area contributed by atoms with Crippen LogP contribution in [0.4, 0.5) is 19.0 Å². The second kappa shape index (κ2) is 12.5. The second-order valence-corrected chi connectivity index (χ2v) is 11.6. The number of carbonyl (C=O) groups excluding carboxylic acids is 1. The highest BCUT2D eigenvalue weighted by molar-refractivity contribution is 5.97. The van der Waals surface area contributed by atoms with Crippen molar-refractivity contribution in [1.29, 1.82) is 0 Å². The topological polar surface area (TPSA) is 92.7 Å². The van der Waals surface area contributed by atoms with Crippen LogP contribution in [0.2, 0.25) is 0 Å². The zero-order valence-corrected chi connectivity index (χ0v) is 24.7. The van der Waals surface area contributed by atoms with Crippen LogP contribution in [0.25, 0.3) is 0 Å². The molecule has 0 bridgehead atoms. The molecule has 4 heterocycles. The van der Waals surface area contributed by atoms with Crippen molar-refractivity contribution in [2.45, 2.75) is 58.2 Å². The molecule has 3 aromatic rings. The molecule has 0 unspecified atom stereocenters. The summed E-state index contributed by atoms with van der Waals surface area (Å²) in [5.41, 5.74) is 2.21. The minimum atomic E-state index is -2.73. The Kier molecular flexibility index (Phi) is 8.98. The number of ether oxygens (including phenoxy) is 2. The Balaban J connectivity index is 0.00000368. The van der Waals surface area contributed by atoms with Crippen molar-refractivity contribution in [1.82, 2.24) is 25.2 Å². The van der Waals surface area contributed by atoms with E-state index in [0.29, 0.717) is 11.6 Å². The fraction of sp³-hybridized carbons (Fsp3) is 0.467. The van der Waals surface area contributed by atoms with Gasteiger partial charge in [-0.15, -0.1) is 12.4 Å². The van der Waals surface area contributed by atoms with E-state index in [4.69, 9.17) is 9.47 Å². The van der Waals surface area contributed by atoms with Gasteiger partial charge in [0.15, 0.2) is 11.6 Å². The van der Waals surface area contributed by atoms with E-state index in [-0.39, 0.29) is 35.2 Å². The van der Waals surface area contributed by atoms with E-state index < -0.39 is 30.7 Å². The molecule has 1 spiro atoms. The smallest absolute Gasteiger partial charge is 0.258 e. The van der Waals surface area contributed by atoms with Gasteiger partial charge in [0.25, 0.3) is 12.3 Å². The first-order valence-electron chi connectivity index (χ1n) is 14.2. The first-order valence-corrected chi connectivity index (χ1v) is 14.2. The molecular formula is C30H34ClF3N6O3. The molecule has 6 rings (SSSR count). The molecule has 13 heteroatoms. The van der Waals surface area contributed by atoms with Gasteiger partial charge in [-0.1, -0.05) is 0 Å². The van der Waals surface area contributed by atoms with Crippen molar-refractivity contribution < 1.29 is 27.4 Å². The summed E-state index contributed by atoms with van der Waals surface area (Å²) >= 11 is 0. The van der Waals surface area contributed by atoms with Gasteiger partial charge in [0.05, 0.1) is 18.3 Å². The van der Waals surface area contributed by atoms with Gasteiger partial charge in [-0.3, -0.25) is 9.78 Å². The third-order valence-corrected chi connectivity index (χ3v) is 8.18. The highest BCUT2D eigenvalue weighted by Crippen LogP contribution is 2.52. The number of hydrogen-bond donors (Lipinski definition) is 1. The van der Waals surface area contributed by atoms with Crippen molar-refractivity contribution in [3.8, 4) is 17.2 Å². The molecule has 1 aliphatic carbocycles. The summed E-state index contributed by atoms with van der Waals surface area (Å²) in [6, 6.07) is 4.90. The predicted octanol–water partition coefficient (Wildman–Crippen LogP) is 5.03. The minimum Gasteiger partial charge on any atom is -0.490 e. The first-order chi connectivity index (χ1) is 20.2. The van der Waals surface area contributed by atoms with Gasteiger partial charge >= 0.3 is 0 Å². The second-order valence-electron chi connectivity index (χ2n) is 11.6. The molecule has 230 valence electrons. The van der Waals surface area contributed by atoms with Crippen LogP contribution in [-0.4, -0.2) is 70.5 Å². The average molecular weight is 619 g/mol. The van der Waals surface area contributed by atoms with Crippen LogP contribution in [0.1, 0.15) is 48.3 Å². The highest BCUT2D eigenvalue weighted by atomic mass is 35.5. The number of carbonyl (C=O) groups is 1. The molecule has 0 radical (unpaired) electrons. The number of rotatable bonds is 9. The van der Waals surface area contributed by atoms with Crippen LogP contribution < -0.4 is 19.7 Å². The molecule has 1 saturated heterocycles. The Labute approximate surface area is 254 Å². The number of aromatic nitrogens is 3. The van der Waals surface area contributed by atoms with Crippen molar-refractivity contribution >= 4 is 24.1 Å². The molecule has 1 aromatic carbocycles. The maximum Gasteiger partial charge on any atom is 0.258 e. The first kappa shape index (κ1) is 30.8. The van der Waals surface area contributed by atoms with Crippen molar-refractivity contribution in [2.24, 2.45) is 5.41 Å². The van der Waals surface area contributed by atoms with Crippen LogP contribution in [0, 0.1) is 11.2 Å². The Bertz CT molecular complexity index is 1460. The van der Waals surface area contributed by atoms with Crippen molar-refractivity contribution in [2.75, 3.05) is 31.1 Å². The molecule has 2 aromatic heterocycles. The standard InChI is InChI=1S/C30H33F3N6O3.ClH/c1-18(2)39(14-27(32)33)29(40)21-9-19(31)3-4-24(21)42-26-13-35-17-37-28(26)38-15-30(16-38)10-20(11-30)41-25-6-8-36-23-5-7-34-12-22(23)25;/h3-4,6,8-9,13,17-18,20,27,34H,5,7,10-12,14-16H2,1-2H3;1H. The van der Waals surface area contributed by atoms with Crippen LogP contribution >= 0.6 is 12.4 Å². The van der Waals surface area contributed by atoms with Crippen LogP contribution in [0.15, 0.2) is 43.0 Å². The lowest BCUT2D eigenvalue weighted by Gasteiger charge is -2.59. The van der Waals surface area contributed by atoms with Gasteiger partial charge in [-0.05, 0) is 51.0 Å². The quantitative estimate of drug-likeness (QED) is 0.357. The summed E-state index contributed by atoms with van der Waals surface area (Å²) < 4.78 is 53.0. The lowest BCUT2D eigenvalue weighted by Crippen LogP contribution is -2.65. The molecule has 3 aliphatic rings. The normalized spacial score (nSPS) is 17.1. The molecule has 0 atom stereocenters. The third kappa shape index (κ3) is 6.35. The summed E-state index contributed by atoms with van der Waals surface area (Å²) in [6.07, 6.45) is 4.85. The number of pyridine rings is 1. The number of nitrogens with one attached hydrogen (secondary N) is 1. The van der Waals surface area contributed by atoms with E-state index in [1.807, 2.05) is 12.3 Å².